The molecule has 0 bridgehead atoms. The number of halogens is 2. The molecule has 0 atom stereocenters. The summed E-state index contributed by atoms with van der Waals surface area (Å²) in [4.78, 5) is 6.88. The van der Waals surface area contributed by atoms with E-state index in [1.165, 1.54) is 11.3 Å². The monoisotopic (exact) mass is 534 g/mol. The summed E-state index contributed by atoms with van der Waals surface area (Å²) in [5.74, 6) is 1.23. The normalized spacial score (nSPS) is 11.2. The molecule has 0 unspecified atom stereocenters. The number of aryl methyl sites for hydroxylation is 2. The van der Waals surface area contributed by atoms with Gasteiger partial charge in [0.1, 0.15) is 5.75 Å². The summed E-state index contributed by atoms with van der Waals surface area (Å²) in [6.07, 6.45) is 3.99. The molecule has 2 aromatic rings. The summed E-state index contributed by atoms with van der Waals surface area (Å²) in [5.41, 5.74) is 2.45. The largest absolute Gasteiger partial charge is 0.508 e. The first-order chi connectivity index (χ1) is 12.0. The lowest BCUT2D eigenvalue weighted by Crippen LogP contribution is -2.38. The van der Waals surface area contributed by atoms with E-state index in [0.717, 1.165) is 42.9 Å². The number of benzene rings is 1. The number of hydrogen-bond acceptors (Lipinski definition) is 2. The second-order valence-corrected chi connectivity index (χ2v) is 7.04. The Morgan fingerprint density at radius 1 is 1.31 bits per heavy atom. The molecule has 0 spiro atoms. The first-order valence-electron chi connectivity index (χ1n) is 8.57. The predicted molar refractivity (Wildman–Crippen MR) is 122 cm³/mol. The van der Waals surface area contributed by atoms with Crippen LogP contribution in [0.15, 0.2) is 46.0 Å². The maximum absolute atomic E-state index is 9.32. The third-order valence-electron chi connectivity index (χ3n) is 3.99. The Hall–Kier alpha value is -1.22. The summed E-state index contributed by atoms with van der Waals surface area (Å²) in [7, 11) is 4.11. The summed E-state index contributed by atoms with van der Waals surface area (Å²) < 4.78 is 3.21. The van der Waals surface area contributed by atoms with Crippen LogP contribution in [0.2, 0.25) is 0 Å². The molecule has 1 aromatic carbocycles. The standard InChI is InChI=1S/C19H27BrN4O.HI/c1-4-21-19(24(3)14-17-12-16(20)13-23(17)2)22-11-5-6-15-7-9-18(25)10-8-15;/h7-10,12-13,25H,4-6,11,14H2,1-3H3,(H,21,22);1H. The number of aromatic hydroxyl groups is 1. The summed E-state index contributed by atoms with van der Waals surface area (Å²) in [6.45, 7) is 4.49. The van der Waals surface area contributed by atoms with Crippen LogP contribution in [0.1, 0.15) is 24.6 Å². The van der Waals surface area contributed by atoms with Crippen molar-refractivity contribution in [2.75, 3.05) is 20.1 Å². The van der Waals surface area contributed by atoms with E-state index in [0.29, 0.717) is 5.75 Å². The smallest absolute Gasteiger partial charge is 0.194 e. The predicted octanol–water partition coefficient (Wildman–Crippen LogP) is 4.14. The van der Waals surface area contributed by atoms with Crippen LogP contribution in [0.4, 0.5) is 0 Å². The molecule has 0 radical (unpaired) electrons. The van der Waals surface area contributed by atoms with Gasteiger partial charge in [-0.3, -0.25) is 4.99 Å². The van der Waals surface area contributed by atoms with Crippen molar-refractivity contribution in [3.63, 3.8) is 0 Å². The van der Waals surface area contributed by atoms with E-state index in [4.69, 9.17) is 4.99 Å². The van der Waals surface area contributed by atoms with Crippen LogP contribution in [-0.4, -0.2) is 40.7 Å². The average molecular weight is 535 g/mol. The van der Waals surface area contributed by atoms with E-state index >= 15 is 0 Å². The van der Waals surface area contributed by atoms with Crippen molar-refractivity contribution in [2.24, 2.45) is 12.0 Å². The van der Waals surface area contributed by atoms with E-state index in [1.807, 2.05) is 12.1 Å². The second kappa shape index (κ2) is 11.5. The van der Waals surface area contributed by atoms with Crippen molar-refractivity contribution < 1.29 is 5.11 Å². The fourth-order valence-electron chi connectivity index (χ4n) is 2.64. The Balaban J connectivity index is 0.00000338. The Labute approximate surface area is 181 Å². The molecule has 0 aliphatic heterocycles. The summed E-state index contributed by atoms with van der Waals surface area (Å²) >= 11 is 3.52. The fourth-order valence-corrected chi connectivity index (χ4v) is 3.21. The van der Waals surface area contributed by atoms with Crippen LogP contribution in [-0.2, 0) is 20.0 Å². The minimum absolute atomic E-state index is 0. The lowest BCUT2D eigenvalue weighted by atomic mass is 10.1. The summed E-state index contributed by atoms with van der Waals surface area (Å²) in [6, 6.07) is 9.51. The SMILES string of the molecule is CCNC(=NCCCc1ccc(O)cc1)N(C)Cc1cc(Br)cn1C.I. The number of aromatic nitrogens is 1. The van der Waals surface area contributed by atoms with Gasteiger partial charge >= 0.3 is 0 Å². The van der Waals surface area contributed by atoms with Crippen LogP contribution >= 0.6 is 39.9 Å². The van der Waals surface area contributed by atoms with E-state index in [1.54, 1.807) is 12.1 Å². The van der Waals surface area contributed by atoms with Gasteiger partial charge in [-0.1, -0.05) is 12.1 Å². The third-order valence-corrected chi connectivity index (χ3v) is 4.43. The first-order valence-corrected chi connectivity index (χ1v) is 9.37. The van der Waals surface area contributed by atoms with Crippen molar-refractivity contribution in [1.82, 2.24) is 14.8 Å². The molecule has 7 heteroatoms. The molecule has 2 rings (SSSR count). The first kappa shape index (κ1) is 22.8. The van der Waals surface area contributed by atoms with E-state index < -0.39 is 0 Å². The van der Waals surface area contributed by atoms with Crippen LogP contribution in [0, 0.1) is 0 Å². The molecule has 0 saturated heterocycles. The molecule has 2 N–H and O–H groups in total. The van der Waals surface area contributed by atoms with Gasteiger partial charge in [-0.05, 0) is 59.5 Å². The molecule has 5 nitrogen and oxygen atoms in total. The number of phenolic OH excluding ortho intramolecular Hbond substituents is 1. The molecule has 26 heavy (non-hydrogen) atoms. The Morgan fingerprint density at radius 3 is 2.58 bits per heavy atom. The van der Waals surface area contributed by atoms with Crippen molar-refractivity contribution >= 4 is 45.9 Å². The van der Waals surface area contributed by atoms with Gasteiger partial charge in [0.25, 0.3) is 0 Å². The minimum atomic E-state index is 0. The minimum Gasteiger partial charge on any atom is -0.508 e. The zero-order valence-corrected chi connectivity index (χ0v) is 19.5. The molecule has 0 saturated carbocycles. The lowest BCUT2D eigenvalue weighted by Gasteiger charge is -2.22. The molecular formula is C19H28BrIN4O. The Bertz CT molecular complexity index is 700. The quantitative estimate of drug-likeness (QED) is 0.243. The van der Waals surface area contributed by atoms with Gasteiger partial charge in [-0.15, -0.1) is 24.0 Å². The Morgan fingerprint density at radius 2 is 2.00 bits per heavy atom. The summed E-state index contributed by atoms with van der Waals surface area (Å²) in [5, 5.41) is 12.7. The molecule has 0 aliphatic carbocycles. The van der Waals surface area contributed by atoms with Crippen LogP contribution in [0.3, 0.4) is 0 Å². The Kier molecular flexibility index (Phi) is 10.1. The van der Waals surface area contributed by atoms with Gasteiger partial charge in [0.05, 0.1) is 6.54 Å². The molecule has 1 aromatic heterocycles. The van der Waals surface area contributed by atoms with Crippen molar-refractivity contribution in [3.05, 3.63) is 52.3 Å². The zero-order valence-electron chi connectivity index (χ0n) is 15.6. The van der Waals surface area contributed by atoms with E-state index in [9.17, 15) is 5.11 Å². The van der Waals surface area contributed by atoms with Gasteiger partial charge < -0.3 is 19.9 Å². The van der Waals surface area contributed by atoms with Crippen molar-refractivity contribution in [2.45, 2.75) is 26.3 Å². The van der Waals surface area contributed by atoms with Crippen LogP contribution in [0.5, 0.6) is 5.75 Å². The van der Waals surface area contributed by atoms with E-state index in [2.05, 4.69) is 64.0 Å². The van der Waals surface area contributed by atoms with Gasteiger partial charge in [-0.2, -0.15) is 0 Å². The average Bonchev–Trinajstić information content (AvgIpc) is 2.89. The zero-order chi connectivity index (χ0) is 18.2. The number of rotatable bonds is 7. The highest BCUT2D eigenvalue weighted by molar-refractivity contribution is 14.0. The van der Waals surface area contributed by atoms with Crippen molar-refractivity contribution in [3.8, 4) is 5.75 Å². The van der Waals surface area contributed by atoms with Crippen LogP contribution < -0.4 is 5.32 Å². The number of nitrogens with one attached hydrogen (secondary N) is 1. The van der Waals surface area contributed by atoms with Gasteiger partial charge in [0.2, 0.25) is 0 Å². The fraction of sp³-hybridized carbons (Fsp3) is 0.421. The maximum Gasteiger partial charge on any atom is 0.194 e. The van der Waals surface area contributed by atoms with Gasteiger partial charge in [-0.25, -0.2) is 0 Å². The number of guanidine groups is 1. The highest BCUT2D eigenvalue weighted by Gasteiger charge is 2.09. The van der Waals surface area contributed by atoms with Gasteiger partial charge in [0, 0.05) is 43.5 Å². The highest BCUT2D eigenvalue weighted by atomic mass is 127. The third kappa shape index (κ3) is 7.19. The molecule has 0 fully saturated rings. The maximum atomic E-state index is 9.32. The van der Waals surface area contributed by atoms with Crippen LogP contribution in [0.25, 0.3) is 0 Å². The number of nitrogens with zero attached hydrogens (tertiary/aromatic N) is 3. The molecule has 0 aliphatic rings. The number of aliphatic imine (C=N–C) groups is 1. The molecule has 1 heterocycles. The molecule has 0 amide bonds. The number of hydrogen-bond donors (Lipinski definition) is 2. The number of phenols is 1. The lowest BCUT2D eigenvalue weighted by molar-refractivity contribution is 0.461. The second-order valence-electron chi connectivity index (χ2n) is 6.12. The highest BCUT2D eigenvalue weighted by Crippen LogP contribution is 2.15. The van der Waals surface area contributed by atoms with Gasteiger partial charge in [0.15, 0.2) is 5.96 Å². The topological polar surface area (TPSA) is 52.8 Å². The van der Waals surface area contributed by atoms with E-state index in [-0.39, 0.29) is 24.0 Å². The molecular weight excluding hydrogens is 507 g/mol. The van der Waals surface area contributed by atoms with Crippen molar-refractivity contribution in [1.29, 1.82) is 0 Å². The molecule has 144 valence electrons.